The van der Waals surface area contributed by atoms with E-state index in [1.54, 1.807) is 37.3 Å². The fourth-order valence-corrected chi connectivity index (χ4v) is 4.37. The van der Waals surface area contributed by atoms with Gasteiger partial charge in [-0.05, 0) is 55.5 Å². The van der Waals surface area contributed by atoms with Crippen LogP contribution in [0.25, 0.3) is 0 Å². The third-order valence-corrected chi connectivity index (χ3v) is 6.36. The summed E-state index contributed by atoms with van der Waals surface area (Å²) in [5.41, 5.74) is 3.91. The molecule has 11 nitrogen and oxygen atoms in total. The molecule has 12 heteroatoms. The summed E-state index contributed by atoms with van der Waals surface area (Å²) >= 11 is 0. The Morgan fingerprint density at radius 2 is 1.79 bits per heavy atom. The Morgan fingerprint density at radius 1 is 1.06 bits per heavy atom. The van der Waals surface area contributed by atoms with E-state index in [-0.39, 0.29) is 28.8 Å². The average Bonchev–Trinajstić information content (AvgIpc) is 3.30. The summed E-state index contributed by atoms with van der Waals surface area (Å²) in [6, 6.07) is 14.9. The Bertz CT molecular complexity index is 1370. The zero-order valence-corrected chi connectivity index (χ0v) is 19.0. The standard InChI is InChI=1S/C22H20N4O7S/c1-14(15-3-10-20-21(11-15)33-13-32-20)23-24-19-9-6-17(26(27)28)12-22(19)34(29,30)25-16-4-7-18(31-2)8-5-16/h3-12,24-25H,13H2,1-2H3/b23-14-. The van der Waals surface area contributed by atoms with E-state index in [1.165, 1.54) is 31.4 Å². The molecule has 0 unspecified atom stereocenters. The number of benzene rings is 3. The molecule has 0 bridgehead atoms. The monoisotopic (exact) mass is 484 g/mol. The third kappa shape index (κ3) is 4.86. The summed E-state index contributed by atoms with van der Waals surface area (Å²) in [6.45, 7) is 1.86. The molecule has 0 amide bonds. The van der Waals surface area contributed by atoms with E-state index in [1.807, 2.05) is 0 Å². The topological polar surface area (TPSA) is 141 Å². The normalized spacial score (nSPS) is 12.8. The quantitative estimate of drug-likeness (QED) is 0.278. The first-order valence-electron chi connectivity index (χ1n) is 9.92. The van der Waals surface area contributed by atoms with Gasteiger partial charge in [-0.15, -0.1) is 0 Å². The van der Waals surface area contributed by atoms with Crippen LogP contribution in [0.4, 0.5) is 17.1 Å². The number of anilines is 2. The van der Waals surface area contributed by atoms with Crippen LogP contribution in [0.1, 0.15) is 12.5 Å². The number of hydrogen-bond donors (Lipinski definition) is 2. The minimum atomic E-state index is -4.20. The van der Waals surface area contributed by atoms with Crippen molar-refractivity contribution in [2.75, 3.05) is 24.1 Å². The number of sulfonamides is 1. The van der Waals surface area contributed by atoms with Gasteiger partial charge in [-0.2, -0.15) is 5.10 Å². The van der Waals surface area contributed by atoms with Gasteiger partial charge >= 0.3 is 0 Å². The van der Waals surface area contributed by atoms with Crippen molar-refractivity contribution < 1.29 is 27.6 Å². The first-order valence-corrected chi connectivity index (χ1v) is 11.4. The van der Waals surface area contributed by atoms with Crippen LogP contribution >= 0.6 is 0 Å². The number of nitrogens with zero attached hydrogens (tertiary/aromatic N) is 2. The summed E-state index contributed by atoms with van der Waals surface area (Å²) in [5, 5.41) is 15.5. The van der Waals surface area contributed by atoms with Crippen LogP contribution in [-0.4, -0.2) is 33.0 Å². The molecule has 4 rings (SSSR count). The van der Waals surface area contributed by atoms with Crippen molar-refractivity contribution in [3.05, 3.63) is 76.3 Å². The van der Waals surface area contributed by atoms with Gasteiger partial charge in [0, 0.05) is 23.4 Å². The van der Waals surface area contributed by atoms with E-state index in [9.17, 15) is 18.5 Å². The number of non-ortho nitro benzene ring substituents is 1. The minimum Gasteiger partial charge on any atom is -0.497 e. The van der Waals surface area contributed by atoms with Gasteiger partial charge in [-0.1, -0.05) is 0 Å². The fraction of sp³-hybridized carbons (Fsp3) is 0.136. The molecule has 0 aliphatic carbocycles. The second-order valence-corrected chi connectivity index (χ2v) is 8.80. The molecular weight excluding hydrogens is 464 g/mol. The Hall–Kier alpha value is -4.32. The van der Waals surface area contributed by atoms with Gasteiger partial charge in [-0.25, -0.2) is 8.42 Å². The molecule has 0 saturated heterocycles. The van der Waals surface area contributed by atoms with Crippen molar-refractivity contribution in [1.82, 2.24) is 0 Å². The van der Waals surface area contributed by atoms with Gasteiger partial charge < -0.3 is 14.2 Å². The maximum atomic E-state index is 13.1. The lowest BCUT2D eigenvalue weighted by Gasteiger charge is -2.13. The van der Waals surface area contributed by atoms with Crippen LogP contribution in [0, 0.1) is 10.1 Å². The molecule has 2 N–H and O–H groups in total. The number of nitro groups is 1. The van der Waals surface area contributed by atoms with E-state index in [2.05, 4.69) is 15.2 Å². The zero-order valence-electron chi connectivity index (χ0n) is 18.1. The van der Waals surface area contributed by atoms with Crippen LogP contribution in [0.5, 0.6) is 17.2 Å². The summed E-state index contributed by atoms with van der Waals surface area (Å²) in [4.78, 5) is 10.3. The molecule has 0 spiro atoms. The van der Waals surface area contributed by atoms with Crippen molar-refractivity contribution in [1.29, 1.82) is 0 Å². The predicted octanol–water partition coefficient (Wildman–Crippen LogP) is 3.97. The molecule has 1 aliphatic rings. The molecule has 1 aliphatic heterocycles. The van der Waals surface area contributed by atoms with E-state index >= 15 is 0 Å². The maximum Gasteiger partial charge on any atom is 0.270 e. The Labute approximate surface area is 195 Å². The number of nitro benzene ring substituents is 1. The van der Waals surface area contributed by atoms with Crippen molar-refractivity contribution in [2.24, 2.45) is 5.10 Å². The molecular formula is C22H20N4O7S. The van der Waals surface area contributed by atoms with Crippen LogP contribution in [0.3, 0.4) is 0 Å². The van der Waals surface area contributed by atoms with E-state index in [4.69, 9.17) is 14.2 Å². The highest BCUT2D eigenvalue weighted by Gasteiger charge is 2.23. The number of methoxy groups -OCH3 is 1. The summed E-state index contributed by atoms with van der Waals surface area (Å²) < 4.78 is 44.4. The van der Waals surface area contributed by atoms with E-state index < -0.39 is 14.9 Å². The Kier molecular flexibility index (Phi) is 6.23. The molecule has 3 aromatic rings. The number of rotatable bonds is 8. The van der Waals surface area contributed by atoms with Gasteiger partial charge in [0.25, 0.3) is 15.7 Å². The van der Waals surface area contributed by atoms with Gasteiger partial charge in [0.1, 0.15) is 10.6 Å². The molecule has 176 valence electrons. The zero-order chi connectivity index (χ0) is 24.3. The smallest absolute Gasteiger partial charge is 0.270 e. The SMILES string of the molecule is COc1ccc(NS(=O)(=O)c2cc([N+](=O)[O-])ccc2N/N=C(/C)c2ccc3c(c2)OCO3)cc1. The lowest BCUT2D eigenvalue weighted by molar-refractivity contribution is -0.385. The highest BCUT2D eigenvalue weighted by molar-refractivity contribution is 7.92. The van der Waals surface area contributed by atoms with E-state index in [0.717, 1.165) is 11.6 Å². The highest BCUT2D eigenvalue weighted by Crippen LogP contribution is 2.33. The van der Waals surface area contributed by atoms with Gasteiger partial charge in [0.2, 0.25) is 6.79 Å². The first kappa shape index (κ1) is 22.9. The molecule has 0 radical (unpaired) electrons. The largest absolute Gasteiger partial charge is 0.497 e. The van der Waals surface area contributed by atoms with Gasteiger partial charge in [0.05, 0.1) is 23.4 Å². The Morgan fingerprint density at radius 3 is 2.50 bits per heavy atom. The predicted molar refractivity (Wildman–Crippen MR) is 125 cm³/mol. The number of ether oxygens (including phenoxy) is 3. The van der Waals surface area contributed by atoms with Gasteiger partial charge in [-0.3, -0.25) is 20.3 Å². The molecule has 1 heterocycles. The van der Waals surface area contributed by atoms with Crippen molar-refractivity contribution >= 4 is 32.8 Å². The average molecular weight is 484 g/mol. The highest BCUT2D eigenvalue weighted by atomic mass is 32.2. The molecule has 0 aromatic heterocycles. The third-order valence-electron chi connectivity index (χ3n) is 4.94. The van der Waals surface area contributed by atoms with Crippen LogP contribution in [0.15, 0.2) is 70.7 Å². The maximum absolute atomic E-state index is 13.1. The molecule has 34 heavy (non-hydrogen) atoms. The number of fused-ring (bicyclic) bond motifs is 1. The van der Waals surface area contributed by atoms with Crippen molar-refractivity contribution in [3.8, 4) is 17.2 Å². The minimum absolute atomic E-state index is 0.0618. The summed E-state index contributed by atoms with van der Waals surface area (Å²) in [5.74, 6) is 1.75. The lowest BCUT2D eigenvalue weighted by atomic mass is 10.1. The molecule has 0 saturated carbocycles. The first-order chi connectivity index (χ1) is 16.3. The van der Waals surface area contributed by atoms with Gasteiger partial charge in [0.15, 0.2) is 11.5 Å². The second kappa shape index (κ2) is 9.27. The van der Waals surface area contributed by atoms with E-state index in [0.29, 0.717) is 23.0 Å². The summed E-state index contributed by atoms with van der Waals surface area (Å²) in [6.07, 6.45) is 0. The fourth-order valence-electron chi connectivity index (χ4n) is 3.14. The van der Waals surface area contributed by atoms with Crippen LogP contribution in [0.2, 0.25) is 0 Å². The van der Waals surface area contributed by atoms with Crippen molar-refractivity contribution in [2.45, 2.75) is 11.8 Å². The van der Waals surface area contributed by atoms with Crippen LogP contribution in [-0.2, 0) is 10.0 Å². The molecule has 0 fully saturated rings. The summed E-state index contributed by atoms with van der Waals surface area (Å²) in [7, 11) is -2.71. The molecule has 0 atom stereocenters. The van der Waals surface area contributed by atoms with Crippen molar-refractivity contribution in [3.63, 3.8) is 0 Å². The molecule has 3 aromatic carbocycles. The van der Waals surface area contributed by atoms with Crippen LogP contribution < -0.4 is 24.4 Å². The Balaban J connectivity index is 1.64. The number of hydrogen-bond acceptors (Lipinski definition) is 9. The second-order valence-electron chi connectivity index (χ2n) is 7.15. The number of nitrogens with one attached hydrogen (secondary N) is 2. The number of hydrazone groups is 1. The lowest BCUT2D eigenvalue weighted by Crippen LogP contribution is -2.15.